The molecule has 4 heteroatoms. The van der Waals surface area contributed by atoms with Gasteiger partial charge in [0.2, 0.25) is 0 Å². The van der Waals surface area contributed by atoms with Gasteiger partial charge in [0, 0.05) is 28.1 Å². The summed E-state index contributed by atoms with van der Waals surface area (Å²) in [6.45, 7) is 8.37. The molecule has 0 saturated heterocycles. The molecule has 0 saturated carbocycles. The molecule has 1 aromatic heterocycles. The molecule has 2 rings (SSSR count). The van der Waals surface area contributed by atoms with E-state index in [0.29, 0.717) is 0 Å². The summed E-state index contributed by atoms with van der Waals surface area (Å²) in [6, 6.07) is 11.0. The summed E-state index contributed by atoms with van der Waals surface area (Å²) in [5, 5.41) is 5.59. The third-order valence-electron chi connectivity index (χ3n) is 3.45. The van der Waals surface area contributed by atoms with E-state index in [9.17, 15) is 0 Å². The molecule has 1 heterocycles. The number of hydrogen-bond donors (Lipinski definition) is 1. The van der Waals surface area contributed by atoms with Gasteiger partial charge in [-0.25, -0.2) is 0 Å². The second-order valence-corrected chi connectivity index (χ2v) is 6.93. The van der Waals surface area contributed by atoms with Crippen LogP contribution < -0.4 is 10.2 Å². The summed E-state index contributed by atoms with van der Waals surface area (Å²) in [5.41, 5.74) is 2.59. The third-order valence-corrected chi connectivity index (χ3v) is 5.05. The van der Waals surface area contributed by atoms with E-state index >= 15 is 0 Å². The molecule has 2 aromatic rings. The van der Waals surface area contributed by atoms with Crippen LogP contribution in [-0.4, -0.2) is 13.1 Å². The first-order chi connectivity index (χ1) is 10.2. The van der Waals surface area contributed by atoms with Crippen LogP contribution in [-0.2, 0) is 13.1 Å². The number of rotatable bonds is 8. The van der Waals surface area contributed by atoms with Crippen molar-refractivity contribution in [2.45, 2.75) is 33.4 Å². The lowest BCUT2D eigenvalue weighted by Crippen LogP contribution is -2.21. The predicted octanol–water partition coefficient (Wildman–Crippen LogP) is 5.04. The first kappa shape index (κ1) is 16.5. The third kappa shape index (κ3) is 4.83. The van der Waals surface area contributed by atoms with Crippen molar-refractivity contribution in [1.29, 1.82) is 0 Å². The molecule has 21 heavy (non-hydrogen) atoms. The fourth-order valence-corrected chi connectivity index (χ4v) is 3.48. The molecule has 0 aliphatic carbocycles. The van der Waals surface area contributed by atoms with Gasteiger partial charge in [0.05, 0.1) is 6.54 Å². The number of anilines is 1. The number of thiophene rings is 1. The summed E-state index contributed by atoms with van der Waals surface area (Å²) in [7, 11) is 0. The van der Waals surface area contributed by atoms with Gasteiger partial charge in [0.15, 0.2) is 0 Å². The minimum Gasteiger partial charge on any atom is -0.367 e. The van der Waals surface area contributed by atoms with Gasteiger partial charge >= 0.3 is 0 Å². The highest BCUT2D eigenvalue weighted by Crippen LogP contribution is 2.26. The van der Waals surface area contributed by atoms with Crippen molar-refractivity contribution in [2.75, 3.05) is 18.0 Å². The van der Waals surface area contributed by atoms with Crippen molar-refractivity contribution in [2.24, 2.45) is 0 Å². The Morgan fingerprint density at radius 1 is 1.24 bits per heavy atom. The number of halogens is 1. The lowest BCUT2D eigenvalue weighted by Gasteiger charge is -2.23. The molecule has 0 fully saturated rings. The number of hydrogen-bond acceptors (Lipinski definition) is 3. The zero-order chi connectivity index (χ0) is 15.1. The number of nitrogens with one attached hydrogen (secondary N) is 1. The van der Waals surface area contributed by atoms with Crippen molar-refractivity contribution >= 4 is 33.0 Å². The maximum atomic E-state index is 3.71. The van der Waals surface area contributed by atoms with Crippen LogP contribution in [0.5, 0.6) is 0 Å². The zero-order valence-corrected chi connectivity index (χ0v) is 15.1. The predicted molar refractivity (Wildman–Crippen MR) is 97.2 cm³/mol. The standard InChI is InChI=1S/C17H23BrN2S/c1-3-9-19-12-14-7-8-15(11-17(14)18)20(4-2)13-16-6-5-10-21-16/h5-8,10-11,19H,3-4,9,12-13H2,1-2H3. The van der Waals surface area contributed by atoms with E-state index < -0.39 is 0 Å². The Balaban J connectivity index is 2.06. The Labute approximate surface area is 140 Å². The van der Waals surface area contributed by atoms with Crippen molar-refractivity contribution < 1.29 is 0 Å². The summed E-state index contributed by atoms with van der Waals surface area (Å²) >= 11 is 5.53. The first-order valence-electron chi connectivity index (χ1n) is 7.51. The van der Waals surface area contributed by atoms with Crippen molar-refractivity contribution in [3.8, 4) is 0 Å². The van der Waals surface area contributed by atoms with Gasteiger partial charge in [0.25, 0.3) is 0 Å². The smallest absolute Gasteiger partial charge is 0.0522 e. The fourth-order valence-electron chi connectivity index (χ4n) is 2.25. The molecular formula is C17H23BrN2S. The van der Waals surface area contributed by atoms with Crippen LogP contribution in [0.2, 0.25) is 0 Å². The maximum absolute atomic E-state index is 3.71. The van der Waals surface area contributed by atoms with Crippen molar-refractivity contribution in [3.05, 3.63) is 50.6 Å². The van der Waals surface area contributed by atoms with E-state index in [2.05, 4.69) is 75.7 Å². The minimum atomic E-state index is 0.922. The van der Waals surface area contributed by atoms with Gasteiger partial charge in [-0.3, -0.25) is 0 Å². The number of benzene rings is 1. The summed E-state index contributed by atoms with van der Waals surface area (Å²) in [6.07, 6.45) is 1.17. The van der Waals surface area contributed by atoms with E-state index in [4.69, 9.17) is 0 Å². The van der Waals surface area contributed by atoms with Gasteiger partial charge in [-0.05, 0) is 49.0 Å². The summed E-state index contributed by atoms with van der Waals surface area (Å²) < 4.78 is 1.19. The molecule has 2 nitrogen and oxygen atoms in total. The van der Waals surface area contributed by atoms with E-state index in [1.165, 1.54) is 27.0 Å². The Morgan fingerprint density at radius 2 is 2.10 bits per heavy atom. The van der Waals surface area contributed by atoms with Crippen LogP contribution in [0.3, 0.4) is 0 Å². The molecule has 0 spiro atoms. The topological polar surface area (TPSA) is 15.3 Å². The second kappa shape index (κ2) is 8.57. The Hall–Kier alpha value is -0.840. The van der Waals surface area contributed by atoms with Crippen molar-refractivity contribution in [3.63, 3.8) is 0 Å². The molecule has 0 amide bonds. The summed E-state index contributed by atoms with van der Waals surface area (Å²) in [5.74, 6) is 0. The largest absolute Gasteiger partial charge is 0.367 e. The molecule has 0 unspecified atom stereocenters. The quantitative estimate of drug-likeness (QED) is 0.658. The molecule has 1 N–H and O–H groups in total. The Bertz CT molecular complexity index is 540. The second-order valence-electron chi connectivity index (χ2n) is 5.05. The van der Waals surface area contributed by atoms with E-state index in [0.717, 1.165) is 26.2 Å². The highest BCUT2D eigenvalue weighted by molar-refractivity contribution is 9.10. The molecule has 0 aliphatic heterocycles. The number of nitrogens with zero attached hydrogens (tertiary/aromatic N) is 1. The summed E-state index contributed by atoms with van der Waals surface area (Å²) in [4.78, 5) is 3.81. The van der Waals surface area contributed by atoms with Crippen LogP contribution >= 0.6 is 27.3 Å². The average Bonchev–Trinajstić information content (AvgIpc) is 2.99. The van der Waals surface area contributed by atoms with Gasteiger partial charge in [-0.1, -0.05) is 35.0 Å². The molecule has 1 aromatic carbocycles. The molecule has 0 aliphatic rings. The SMILES string of the molecule is CCCNCc1ccc(N(CC)Cc2cccs2)cc1Br. The van der Waals surface area contributed by atoms with Gasteiger partial charge in [-0.15, -0.1) is 11.3 Å². The fraction of sp³-hybridized carbons (Fsp3) is 0.412. The first-order valence-corrected chi connectivity index (χ1v) is 9.18. The molecule has 114 valence electrons. The van der Waals surface area contributed by atoms with Crippen LogP contribution in [0.25, 0.3) is 0 Å². The molecule has 0 atom stereocenters. The maximum Gasteiger partial charge on any atom is 0.0522 e. The minimum absolute atomic E-state index is 0.922. The van der Waals surface area contributed by atoms with Gasteiger partial charge in [-0.2, -0.15) is 0 Å². The molecule has 0 bridgehead atoms. The van der Waals surface area contributed by atoms with Gasteiger partial charge in [0.1, 0.15) is 0 Å². The van der Waals surface area contributed by atoms with Crippen LogP contribution in [0.15, 0.2) is 40.2 Å². The van der Waals surface area contributed by atoms with E-state index in [1.54, 1.807) is 0 Å². The Kier molecular flexibility index (Phi) is 6.74. The van der Waals surface area contributed by atoms with Crippen LogP contribution in [0.1, 0.15) is 30.7 Å². The van der Waals surface area contributed by atoms with E-state index in [-0.39, 0.29) is 0 Å². The highest BCUT2D eigenvalue weighted by Gasteiger charge is 2.08. The van der Waals surface area contributed by atoms with Gasteiger partial charge < -0.3 is 10.2 Å². The van der Waals surface area contributed by atoms with Crippen LogP contribution in [0.4, 0.5) is 5.69 Å². The average molecular weight is 367 g/mol. The lowest BCUT2D eigenvalue weighted by atomic mass is 10.2. The molecular weight excluding hydrogens is 344 g/mol. The van der Waals surface area contributed by atoms with Crippen LogP contribution in [0, 0.1) is 0 Å². The Morgan fingerprint density at radius 3 is 2.71 bits per heavy atom. The zero-order valence-electron chi connectivity index (χ0n) is 12.7. The normalized spacial score (nSPS) is 10.8. The monoisotopic (exact) mass is 366 g/mol. The van der Waals surface area contributed by atoms with Crippen molar-refractivity contribution in [1.82, 2.24) is 5.32 Å². The lowest BCUT2D eigenvalue weighted by molar-refractivity contribution is 0.674. The molecule has 0 radical (unpaired) electrons. The highest BCUT2D eigenvalue weighted by atomic mass is 79.9. The van der Waals surface area contributed by atoms with E-state index in [1.807, 2.05) is 11.3 Å².